The minimum Gasteiger partial charge on any atom is -0.399 e. The molecule has 88 valence electrons. The van der Waals surface area contributed by atoms with Crippen LogP contribution in [-0.2, 0) is 15.8 Å². The van der Waals surface area contributed by atoms with Crippen molar-refractivity contribution in [1.29, 1.82) is 0 Å². The second-order valence-electron chi connectivity index (χ2n) is 3.44. The van der Waals surface area contributed by atoms with Crippen molar-refractivity contribution in [3.8, 4) is 0 Å². The van der Waals surface area contributed by atoms with Crippen molar-refractivity contribution in [2.45, 2.75) is 12.8 Å². The highest BCUT2D eigenvalue weighted by Gasteiger charge is 2.12. The third kappa shape index (κ3) is 4.44. The topological polar surface area (TPSA) is 124 Å². The predicted molar refractivity (Wildman–Crippen MR) is 63.3 cm³/mol. The lowest BCUT2D eigenvalue weighted by Gasteiger charge is -2.09. The van der Waals surface area contributed by atoms with Gasteiger partial charge < -0.3 is 5.73 Å². The summed E-state index contributed by atoms with van der Waals surface area (Å²) in [7, 11) is -3.49. The van der Waals surface area contributed by atoms with Gasteiger partial charge in [-0.05, 0) is 18.1 Å². The normalized spacial score (nSPS) is 11.1. The zero-order valence-corrected chi connectivity index (χ0v) is 9.61. The van der Waals surface area contributed by atoms with E-state index in [0.717, 1.165) is 5.56 Å². The van der Waals surface area contributed by atoms with E-state index in [1.165, 1.54) is 0 Å². The van der Waals surface area contributed by atoms with Crippen molar-refractivity contribution in [3.63, 3.8) is 0 Å². The molecule has 0 atom stereocenters. The Morgan fingerprint density at radius 3 is 2.50 bits per heavy atom. The maximum Gasteiger partial charge on any atom is 0.300 e. The van der Waals surface area contributed by atoms with Crippen molar-refractivity contribution in [2.24, 2.45) is 11.0 Å². The molecule has 0 saturated carbocycles. The molecule has 0 radical (unpaired) electrons. The van der Waals surface area contributed by atoms with Gasteiger partial charge in [-0.1, -0.05) is 18.2 Å². The molecule has 1 aromatic carbocycles. The highest BCUT2D eigenvalue weighted by Crippen LogP contribution is 2.18. The smallest absolute Gasteiger partial charge is 0.300 e. The number of hydrogen-bond donors (Lipinski definition) is 4. The van der Waals surface area contributed by atoms with Gasteiger partial charge in [-0.3, -0.25) is 25.5 Å². The molecule has 0 spiro atoms. The molecule has 0 heterocycles. The monoisotopic (exact) mass is 242 g/mol. The number of nitrogens with one attached hydrogen (secondary N) is 1. The lowest BCUT2D eigenvalue weighted by Crippen LogP contribution is -2.28. The molecule has 0 unspecified atom stereocenters. The maximum atomic E-state index is 11.3. The standard InChI is InChI=1S/C9H15N4O2P/c10-8-4-2-1-3-7(8)5-6-9(14)13-16(11,12)15/h1-4H,5-6,10H2,(H5,11,12,13,14,15). The van der Waals surface area contributed by atoms with Crippen molar-refractivity contribution in [1.82, 2.24) is 5.09 Å². The first kappa shape index (κ1) is 12.7. The van der Waals surface area contributed by atoms with Crippen LogP contribution in [0.5, 0.6) is 0 Å². The van der Waals surface area contributed by atoms with E-state index >= 15 is 0 Å². The van der Waals surface area contributed by atoms with Gasteiger partial charge in [0.25, 0.3) is 7.59 Å². The Hall–Kier alpha value is -1.36. The van der Waals surface area contributed by atoms with E-state index in [0.29, 0.717) is 12.1 Å². The fourth-order valence-corrected chi connectivity index (χ4v) is 1.76. The second kappa shape index (κ2) is 5.12. The fourth-order valence-electron chi connectivity index (χ4n) is 1.26. The third-order valence-electron chi connectivity index (χ3n) is 1.98. The number of carbonyl (C=O) groups excluding carboxylic acids is 1. The Bertz CT molecular complexity index is 429. The Kier molecular flexibility index (Phi) is 4.06. The Balaban J connectivity index is 2.50. The first-order valence-corrected chi connectivity index (χ1v) is 6.54. The van der Waals surface area contributed by atoms with Crippen molar-refractivity contribution in [3.05, 3.63) is 29.8 Å². The molecule has 0 saturated heterocycles. The van der Waals surface area contributed by atoms with Crippen LogP contribution in [0.2, 0.25) is 0 Å². The minimum absolute atomic E-state index is 0.145. The molecule has 7 heteroatoms. The summed E-state index contributed by atoms with van der Waals surface area (Å²) in [6.45, 7) is 0. The summed E-state index contributed by atoms with van der Waals surface area (Å²) in [5.41, 5.74) is 17.2. The number of hydrogen-bond acceptors (Lipinski definition) is 3. The summed E-state index contributed by atoms with van der Waals surface area (Å²) in [6, 6.07) is 7.23. The molecular weight excluding hydrogens is 227 g/mol. The first-order chi connectivity index (χ1) is 7.38. The molecule has 7 N–H and O–H groups in total. The molecule has 1 aromatic rings. The molecule has 0 aliphatic heterocycles. The van der Waals surface area contributed by atoms with E-state index in [9.17, 15) is 9.36 Å². The fraction of sp³-hybridized carbons (Fsp3) is 0.222. The summed E-state index contributed by atoms with van der Waals surface area (Å²) in [6.07, 6.45) is 0.602. The predicted octanol–water partition coefficient (Wildman–Crippen LogP) is 0.343. The van der Waals surface area contributed by atoms with E-state index < -0.39 is 13.5 Å². The average molecular weight is 242 g/mol. The number of carbonyl (C=O) groups is 1. The zero-order valence-electron chi connectivity index (χ0n) is 8.72. The van der Waals surface area contributed by atoms with Crippen LogP contribution < -0.4 is 21.8 Å². The average Bonchev–Trinajstić information content (AvgIpc) is 2.14. The van der Waals surface area contributed by atoms with Gasteiger partial charge in [0.05, 0.1) is 0 Å². The highest BCUT2D eigenvalue weighted by molar-refractivity contribution is 7.57. The van der Waals surface area contributed by atoms with Crippen LogP contribution in [0.15, 0.2) is 24.3 Å². The van der Waals surface area contributed by atoms with Gasteiger partial charge >= 0.3 is 0 Å². The number of rotatable bonds is 4. The van der Waals surface area contributed by atoms with Crippen LogP contribution in [0.1, 0.15) is 12.0 Å². The summed E-state index contributed by atoms with van der Waals surface area (Å²) in [5.74, 6) is -0.448. The molecule has 0 bridgehead atoms. The SMILES string of the molecule is Nc1ccccc1CCC(=O)NP(N)(N)=O. The molecule has 0 aliphatic carbocycles. The van der Waals surface area contributed by atoms with Crippen molar-refractivity contribution >= 4 is 19.2 Å². The summed E-state index contributed by atoms with van der Waals surface area (Å²) < 4.78 is 10.9. The van der Waals surface area contributed by atoms with Crippen LogP contribution in [-0.4, -0.2) is 5.91 Å². The minimum atomic E-state index is -3.49. The Morgan fingerprint density at radius 2 is 1.94 bits per heavy atom. The first-order valence-electron chi connectivity index (χ1n) is 4.70. The van der Waals surface area contributed by atoms with E-state index in [-0.39, 0.29) is 6.42 Å². The highest BCUT2D eigenvalue weighted by atomic mass is 31.2. The lowest BCUT2D eigenvalue weighted by atomic mass is 10.1. The van der Waals surface area contributed by atoms with Crippen molar-refractivity contribution in [2.75, 3.05) is 5.73 Å². The van der Waals surface area contributed by atoms with Gasteiger partial charge in [0.1, 0.15) is 0 Å². The third-order valence-corrected chi connectivity index (χ3v) is 2.57. The molecule has 1 rings (SSSR count). The van der Waals surface area contributed by atoms with Gasteiger partial charge in [-0.15, -0.1) is 0 Å². The summed E-state index contributed by atoms with van der Waals surface area (Å²) >= 11 is 0. The van der Waals surface area contributed by atoms with Crippen LogP contribution >= 0.6 is 7.59 Å². The van der Waals surface area contributed by atoms with E-state index in [4.69, 9.17) is 16.7 Å². The van der Waals surface area contributed by atoms with Crippen LogP contribution in [0.25, 0.3) is 0 Å². The number of para-hydroxylation sites is 1. The van der Waals surface area contributed by atoms with Gasteiger partial charge in [0.2, 0.25) is 5.91 Å². The number of amides is 1. The van der Waals surface area contributed by atoms with E-state index in [1.807, 2.05) is 23.3 Å². The summed E-state index contributed by atoms with van der Waals surface area (Å²) in [4.78, 5) is 11.3. The number of anilines is 1. The van der Waals surface area contributed by atoms with Gasteiger partial charge in [-0.2, -0.15) is 0 Å². The number of benzene rings is 1. The number of nitrogen functional groups attached to an aromatic ring is 1. The van der Waals surface area contributed by atoms with Crippen LogP contribution in [0.4, 0.5) is 5.69 Å². The molecule has 0 aliphatic rings. The lowest BCUT2D eigenvalue weighted by molar-refractivity contribution is -0.119. The zero-order chi connectivity index (χ0) is 12.2. The Labute approximate surface area is 93.7 Å². The van der Waals surface area contributed by atoms with Gasteiger partial charge in [0.15, 0.2) is 0 Å². The molecular formula is C9H15N4O2P. The molecule has 16 heavy (non-hydrogen) atoms. The van der Waals surface area contributed by atoms with Crippen LogP contribution in [0.3, 0.4) is 0 Å². The molecule has 6 nitrogen and oxygen atoms in total. The Morgan fingerprint density at radius 1 is 1.31 bits per heavy atom. The van der Waals surface area contributed by atoms with Gasteiger partial charge in [0, 0.05) is 12.1 Å². The quantitative estimate of drug-likeness (QED) is 0.447. The molecule has 0 aromatic heterocycles. The largest absolute Gasteiger partial charge is 0.399 e. The van der Waals surface area contributed by atoms with E-state index in [2.05, 4.69) is 0 Å². The second-order valence-corrected chi connectivity index (χ2v) is 5.09. The molecule has 1 amide bonds. The molecule has 0 fully saturated rings. The van der Waals surface area contributed by atoms with E-state index in [1.54, 1.807) is 6.07 Å². The number of nitrogens with two attached hydrogens (primary N) is 3. The van der Waals surface area contributed by atoms with Gasteiger partial charge in [-0.25, -0.2) is 0 Å². The maximum absolute atomic E-state index is 11.3. The number of aryl methyl sites for hydroxylation is 1. The van der Waals surface area contributed by atoms with Crippen molar-refractivity contribution < 1.29 is 9.36 Å². The van der Waals surface area contributed by atoms with Crippen LogP contribution in [0, 0.1) is 0 Å². The summed E-state index contributed by atoms with van der Waals surface area (Å²) in [5, 5.41) is 2.04.